The van der Waals surface area contributed by atoms with E-state index in [0.29, 0.717) is 6.54 Å². The van der Waals surface area contributed by atoms with Crippen molar-refractivity contribution in [2.45, 2.75) is 24.1 Å². The average Bonchev–Trinajstić information content (AvgIpc) is 2.85. The van der Waals surface area contributed by atoms with Gasteiger partial charge in [-0.15, -0.1) is 0 Å². The van der Waals surface area contributed by atoms with Gasteiger partial charge in [-0.2, -0.15) is 0 Å². The molecule has 0 atom stereocenters. The van der Waals surface area contributed by atoms with E-state index in [9.17, 15) is 0 Å². The Morgan fingerprint density at radius 2 is 1.95 bits per heavy atom. The van der Waals surface area contributed by atoms with Crippen LogP contribution in [-0.4, -0.2) is 15.9 Å². The molecule has 21 heavy (non-hydrogen) atoms. The summed E-state index contributed by atoms with van der Waals surface area (Å²) in [4.78, 5) is 4.75. The Bertz CT molecular complexity index is 749. The van der Waals surface area contributed by atoms with E-state index in [1.807, 2.05) is 18.2 Å². The smallest absolute Gasteiger partial charge is 0.138 e. The average molecular weight is 297 g/mol. The van der Waals surface area contributed by atoms with Crippen LogP contribution in [0.15, 0.2) is 53.7 Å². The number of rotatable bonds is 5. The molecule has 0 saturated heterocycles. The Morgan fingerprint density at radius 3 is 2.76 bits per heavy atom. The SMILES string of the molecule is Cc1ccccc1CSc1nc2ccccn2c1CCN. The highest BCUT2D eigenvalue weighted by Crippen LogP contribution is 2.28. The highest BCUT2D eigenvalue weighted by molar-refractivity contribution is 7.98. The third kappa shape index (κ3) is 2.96. The van der Waals surface area contributed by atoms with Crippen molar-refractivity contribution in [2.75, 3.05) is 6.54 Å². The van der Waals surface area contributed by atoms with Gasteiger partial charge < -0.3 is 10.1 Å². The Balaban J connectivity index is 1.89. The van der Waals surface area contributed by atoms with Crippen LogP contribution in [0.2, 0.25) is 0 Å². The molecule has 0 bridgehead atoms. The third-order valence-electron chi connectivity index (χ3n) is 3.60. The van der Waals surface area contributed by atoms with E-state index in [1.165, 1.54) is 16.8 Å². The standard InChI is InChI=1S/C17H19N3S/c1-13-6-2-3-7-14(13)12-21-17-15(9-10-18)20-11-5-4-8-16(20)19-17/h2-8,11H,9-10,12,18H2,1H3. The highest BCUT2D eigenvalue weighted by atomic mass is 32.2. The van der Waals surface area contributed by atoms with E-state index in [0.717, 1.165) is 22.8 Å². The zero-order chi connectivity index (χ0) is 14.7. The molecule has 0 radical (unpaired) electrons. The van der Waals surface area contributed by atoms with Crippen molar-refractivity contribution in [2.24, 2.45) is 5.73 Å². The largest absolute Gasteiger partial charge is 0.330 e. The lowest BCUT2D eigenvalue weighted by Gasteiger charge is -2.06. The summed E-state index contributed by atoms with van der Waals surface area (Å²) >= 11 is 1.79. The topological polar surface area (TPSA) is 43.3 Å². The molecule has 0 aliphatic heterocycles. The van der Waals surface area contributed by atoms with Gasteiger partial charge in [-0.1, -0.05) is 42.1 Å². The molecule has 0 amide bonds. The second kappa shape index (κ2) is 6.33. The number of nitrogens with zero attached hydrogens (tertiary/aromatic N) is 2. The lowest BCUT2D eigenvalue weighted by atomic mass is 10.1. The molecule has 0 saturated carbocycles. The maximum atomic E-state index is 5.76. The van der Waals surface area contributed by atoms with E-state index in [2.05, 4.69) is 41.8 Å². The van der Waals surface area contributed by atoms with Crippen LogP contribution in [0.4, 0.5) is 0 Å². The Kier molecular flexibility index (Phi) is 4.27. The molecule has 3 aromatic rings. The second-order valence-corrected chi connectivity index (χ2v) is 6.01. The fraction of sp³-hybridized carbons (Fsp3) is 0.235. The van der Waals surface area contributed by atoms with Gasteiger partial charge in [-0.05, 0) is 36.7 Å². The van der Waals surface area contributed by atoms with E-state index >= 15 is 0 Å². The molecule has 2 N–H and O–H groups in total. The van der Waals surface area contributed by atoms with E-state index in [1.54, 1.807) is 11.8 Å². The molecule has 0 aliphatic carbocycles. The fourth-order valence-corrected chi connectivity index (χ4v) is 3.56. The van der Waals surface area contributed by atoms with Crippen molar-refractivity contribution in [3.63, 3.8) is 0 Å². The van der Waals surface area contributed by atoms with Crippen LogP contribution in [0.25, 0.3) is 5.65 Å². The number of pyridine rings is 1. The molecule has 0 spiro atoms. The number of benzene rings is 1. The first-order chi connectivity index (χ1) is 10.3. The highest BCUT2D eigenvalue weighted by Gasteiger charge is 2.12. The number of thioether (sulfide) groups is 1. The zero-order valence-electron chi connectivity index (χ0n) is 12.1. The van der Waals surface area contributed by atoms with Crippen molar-refractivity contribution in [3.05, 3.63) is 65.5 Å². The molecule has 1 aromatic carbocycles. The second-order valence-electron chi connectivity index (χ2n) is 5.05. The maximum absolute atomic E-state index is 5.76. The van der Waals surface area contributed by atoms with Crippen LogP contribution in [0.3, 0.4) is 0 Å². The van der Waals surface area contributed by atoms with E-state index in [4.69, 9.17) is 10.7 Å². The van der Waals surface area contributed by atoms with Crippen LogP contribution in [0.5, 0.6) is 0 Å². The Hall–Kier alpha value is -1.78. The van der Waals surface area contributed by atoms with E-state index in [-0.39, 0.29) is 0 Å². The number of aryl methyl sites for hydroxylation is 1. The number of hydrogen-bond acceptors (Lipinski definition) is 3. The lowest BCUT2D eigenvalue weighted by Crippen LogP contribution is -2.06. The molecule has 0 fully saturated rings. The molecule has 0 unspecified atom stereocenters. The number of nitrogens with two attached hydrogens (primary N) is 1. The number of hydrogen-bond donors (Lipinski definition) is 1. The van der Waals surface area contributed by atoms with Crippen LogP contribution in [0, 0.1) is 6.92 Å². The summed E-state index contributed by atoms with van der Waals surface area (Å²) in [5, 5.41) is 1.09. The molecule has 3 rings (SSSR count). The number of fused-ring (bicyclic) bond motifs is 1. The van der Waals surface area contributed by atoms with Gasteiger partial charge in [0, 0.05) is 18.4 Å². The van der Waals surface area contributed by atoms with Crippen molar-refractivity contribution < 1.29 is 0 Å². The van der Waals surface area contributed by atoms with Gasteiger partial charge in [-0.3, -0.25) is 0 Å². The molecule has 2 heterocycles. The van der Waals surface area contributed by atoms with Crippen LogP contribution < -0.4 is 5.73 Å². The molecule has 3 nitrogen and oxygen atoms in total. The predicted molar refractivity (Wildman–Crippen MR) is 88.7 cm³/mol. The zero-order valence-corrected chi connectivity index (χ0v) is 12.9. The van der Waals surface area contributed by atoms with Crippen LogP contribution in [-0.2, 0) is 12.2 Å². The minimum absolute atomic E-state index is 0.639. The van der Waals surface area contributed by atoms with Crippen molar-refractivity contribution in [1.82, 2.24) is 9.38 Å². The molecule has 0 aliphatic rings. The van der Waals surface area contributed by atoms with Crippen molar-refractivity contribution in [1.29, 1.82) is 0 Å². The molecular weight excluding hydrogens is 278 g/mol. The van der Waals surface area contributed by atoms with Crippen molar-refractivity contribution >= 4 is 17.4 Å². The minimum Gasteiger partial charge on any atom is -0.330 e. The summed E-state index contributed by atoms with van der Waals surface area (Å²) in [7, 11) is 0. The molecular formula is C17H19N3S. The first kappa shape index (κ1) is 14.2. The maximum Gasteiger partial charge on any atom is 0.138 e. The van der Waals surface area contributed by atoms with Gasteiger partial charge in [-0.25, -0.2) is 4.98 Å². The van der Waals surface area contributed by atoms with Crippen molar-refractivity contribution in [3.8, 4) is 0 Å². The van der Waals surface area contributed by atoms with Gasteiger partial charge in [0.25, 0.3) is 0 Å². The minimum atomic E-state index is 0.639. The number of imidazole rings is 1. The molecule has 4 heteroatoms. The van der Waals surface area contributed by atoms with Crippen LogP contribution in [0.1, 0.15) is 16.8 Å². The predicted octanol–water partition coefficient (Wildman–Crippen LogP) is 3.44. The van der Waals surface area contributed by atoms with E-state index < -0.39 is 0 Å². The molecule has 108 valence electrons. The normalized spacial score (nSPS) is 11.1. The summed E-state index contributed by atoms with van der Waals surface area (Å²) in [5.74, 6) is 0.939. The summed E-state index contributed by atoms with van der Waals surface area (Å²) in [6, 6.07) is 14.6. The quantitative estimate of drug-likeness (QED) is 0.734. The van der Waals surface area contributed by atoms with Gasteiger partial charge >= 0.3 is 0 Å². The Labute approximate surface area is 129 Å². The summed E-state index contributed by atoms with van der Waals surface area (Å²) < 4.78 is 2.15. The van der Waals surface area contributed by atoms with Crippen LogP contribution >= 0.6 is 11.8 Å². The lowest BCUT2D eigenvalue weighted by molar-refractivity contribution is 0.876. The summed E-state index contributed by atoms with van der Waals surface area (Å²) in [6.07, 6.45) is 2.91. The number of aromatic nitrogens is 2. The van der Waals surface area contributed by atoms with Gasteiger partial charge in [0.2, 0.25) is 0 Å². The first-order valence-corrected chi connectivity index (χ1v) is 8.11. The third-order valence-corrected chi connectivity index (χ3v) is 4.65. The monoisotopic (exact) mass is 297 g/mol. The first-order valence-electron chi connectivity index (χ1n) is 7.13. The molecule has 2 aromatic heterocycles. The van der Waals surface area contributed by atoms with Gasteiger partial charge in [0.15, 0.2) is 0 Å². The summed E-state index contributed by atoms with van der Waals surface area (Å²) in [5.41, 5.74) is 10.7. The van der Waals surface area contributed by atoms with Gasteiger partial charge in [0.1, 0.15) is 10.7 Å². The Morgan fingerprint density at radius 1 is 1.14 bits per heavy atom. The van der Waals surface area contributed by atoms with Gasteiger partial charge in [0.05, 0.1) is 5.69 Å². The fourth-order valence-electron chi connectivity index (χ4n) is 2.42. The summed E-state index contributed by atoms with van der Waals surface area (Å²) in [6.45, 7) is 2.79.